The molecule has 1 aliphatic rings. The lowest BCUT2D eigenvalue weighted by Crippen LogP contribution is -2.44. The van der Waals surface area contributed by atoms with E-state index in [1.807, 2.05) is 6.92 Å². The molecular weight excluding hydrogens is 386 g/mol. The Labute approximate surface area is 174 Å². The lowest BCUT2D eigenvalue weighted by molar-refractivity contribution is 0.0973. The first kappa shape index (κ1) is 19.9. The zero-order valence-electron chi connectivity index (χ0n) is 16.7. The Morgan fingerprint density at radius 1 is 1.03 bits per heavy atom. The molecule has 1 heterocycles. The molecule has 3 aromatic rings. The second kappa shape index (κ2) is 8.14. The summed E-state index contributed by atoms with van der Waals surface area (Å²) >= 11 is 0. The summed E-state index contributed by atoms with van der Waals surface area (Å²) in [6, 6.07) is 17.1. The van der Waals surface area contributed by atoms with E-state index in [4.69, 9.17) is 4.74 Å². The minimum absolute atomic E-state index is 0.139. The van der Waals surface area contributed by atoms with Crippen molar-refractivity contribution in [1.29, 1.82) is 0 Å². The van der Waals surface area contributed by atoms with Gasteiger partial charge in [0.2, 0.25) is 0 Å². The summed E-state index contributed by atoms with van der Waals surface area (Å²) in [7, 11) is 1.55. The fourth-order valence-corrected chi connectivity index (χ4v) is 3.92. The number of methoxy groups -OCH3 is 1. The molecule has 1 N–H and O–H groups in total. The van der Waals surface area contributed by atoms with Crippen LogP contribution in [0.4, 0.5) is 20.2 Å². The number of carbonyl (C=O) groups is 1. The Balaban J connectivity index is 1.70. The maximum Gasteiger partial charge on any atom is 0.258 e. The topological polar surface area (TPSA) is 41.6 Å². The van der Waals surface area contributed by atoms with Crippen LogP contribution in [-0.2, 0) is 0 Å². The monoisotopic (exact) mass is 408 g/mol. The Bertz CT molecular complexity index is 1070. The van der Waals surface area contributed by atoms with Crippen molar-refractivity contribution in [2.75, 3.05) is 17.3 Å². The van der Waals surface area contributed by atoms with Crippen LogP contribution in [0.5, 0.6) is 5.75 Å². The third-order valence-electron chi connectivity index (χ3n) is 5.36. The van der Waals surface area contributed by atoms with Gasteiger partial charge in [0.25, 0.3) is 5.91 Å². The maximum atomic E-state index is 14.1. The average molecular weight is 408 g/mol. The fraction of sp³-hybridized carbons (Fsp3) is 0.208. The van der Waals surface area contributed by atoms with E-state index < -0.39 is 0 Å². The van der Waals surface area contributed by atoms with E-state index in [9.17, 15) is 13.6 Å². The highest BCUT2D eigenvalue weighted by molar-refractivity contribution is 6.07. The van der Waals surface area contributed by atoms with E-state index in [0.29, 0.717) is 29.0 Å². The molecule has 0 saturated heterocycles. The van der Waals surface area contributed by atoms with Crippen molar-refractivity contribution in [2.24, 2.45) is 0 Å². The molecule has 2 atom stereocenters. The minimum atomic E-state index is -0.372. The van der Waals surface area contributed by atoms with Crippen LogP contribution < -0.4 is 15.0 Å². The molecule has 1 aliphatic heterocycles. The molecular formula is C24H22F2N2O2. The molecule has 1 amide bonds. The standard InChI is InChI=1S/C24H22F2N2O2/c1-15-12-22(27-19-9-6-17(25)7-10-19)21-14-18(26)8-11-23(21)28(15)24(29)16-4-3-5-20(13-16)30-2/h3-11,13-15,22,27H,12H2,1-2H3/t15-,22+/m1/s1. The lowest BCUT2D eigenvalue weighted by Gasteiger charge is -2.40. The lowest BCUT2D eigenvalue weighted by atomic mass is 9.90. The number of hydrogen-bond donors (Lipinski definition) is 1. The second-order valence-electron chi connectivity index (χ2n) is 7.40. The fourth-order valence-electron chi connectivity index (χ4n) is 3.92. The quantitative estimate of drug-likeness (QED) is 0.614. The van der Waals surface area contributed by atoms with Crippen molar-refractivity contribution in [3.63, 3.8) is 0 Å². The first-order valence-electron chi connectivity index (χ1n) is 9.75. The number of benzene rings is 3. The van der Waals surface area contributed by atoms with Crippen molar-refractivity contribution >= 4 is 17.3 Å². The zero-order valence-corrected chi connectivity index (χ0v) is 16.7. The van der Waals surface area contributed by atoms with Crippen LogP contribution in [0.2, 0.25) is 0 Å². The van der Waals surface area contributed by atoms with Crippen LogP contribution in [0, 0.1) is 11.6 Å². The van der Waals surface area contributed by atoms with Crippen molar-refractivity contribution < 1.29 is 18.3 Å². The van der Waals surface area contributed by atoms with Crippen LogP contribution in [0.25, 0.3) is 0 Å². The van der Waals surface area contributed by atoms with Crippen LogP contribution in [0.1, 0.15) is 35.3 Å². The van der Waals surface area contributed by atoms with Crippen molar-refractivity contribution in [3.05, 3.63) is 89.5 Å². The number of carbonyl (C=O) groups excluding carboxylic acids is 1. The SMILES string of the molecule is COc1cccc(C(=O)N2c3ccc(F)cc3[C@@H](Nc3ccc(F)cc3)C[C@H]2C)c1. The summed E-state index contributed by atoms with van der Waals surface area (Å²) in [6.45, 7) is 1.96. The molecule has 154 valence electrons. The van der Waals surface area contributed by atoms with Crippen molar-refractivity contribution in [2.45, 2.75) is 25.4 Å². The predicted molar refractivity (Wildman–Crippen MR) is 113 cm³/mol. The van der Waals surface area contributed by atoms with E-state index >= 15 is 0 Å². The van der Waals surface area contributed by atoms with Gasteiger partial charge >= 0.3 is 0 Å². The maximum absolute atomic E-state index is 14.1. The summed E-state index contributed by atoms with van der Waals surface area (Å²) in [5.74, 6) is -0.266. The highest BCUT2D eigenvalue weighted by Gasteiger charge is 2.34. The number of rotatable bonds is 4. The van der Waals surface area contributed by atoms with Gasteiger partial charge in [-0.3, -0.25) is 4.79 Å². The molecule has 6 heteroatoms. The molecule has 0 fully saturated rings. The molecule has 3 aromatic carbocycles. The van der Waals surface area contributed by atoms with E-state index in [1.54, 1.807) is 54.5 Å². The third kappa shape index (κ3) is 3.85. The molecule has 0 aliphatic carbocycles. The second-order valence-corrected chi connectivity index (χ2v) is 7.40. The number of ether oxygens (including phenoxy) is 1. The highest BCUT2D eigenvalue weighted by Crippen LogP contribution is 2.40. The Hall–Kier alpha value is -3.41. The predicted octanol–water partition coefficient (Wildman–Crippen LogP) is 5.57. The summed E-state index contributed by atoms with van der Waals surface area (Å²) in [4.78, 5) is 15.0. The molecule has 4 rings (SSSR count). The average Bonchev–Trinajstić information content (AvgIpc) is 2.75. The zero-order chi connectivity index (χ0) is 21.3. The number of nitrogens with one attached hydrogen (secondary N) is 1. The number of hydrogen-bond acceptors (Lipinski definition) is 3. The largest absolute Gasteiger partial charge is 0.497 e. The van der Waals surface area contributed by atoms with Crippen LogP contribution in [0.3, 0.4) is 0 Å². The molecule has 30 heavy (non-hydrogen) atoms. The van der Waals surface area contributed by atoms with Gasteiger partial charge in [0.15, 0.2) is 0 Å². The van der Waals surface area contributed by atoms with E-state index in [0.717, 1.165) is 5.69 Å². The van der Waals surface area contributed by atoms with Gasteiger partial charge in [-0.1, -0.05) is 6.07 Å². The number of fused-ring (bicyclic) bond motifs is 1. The first-order valence-corrected chi connectivity index (χ1v) is 9.75. The van der Waals surface area contributed by atoms with Gasteiger partial charge in [0.1, 0.15) is 17.4 Å². The number of nitrogens with zero attached hydrogens (tertiary/aromatic N) is 1. The summed E-state index contributed by atoms with van der Waals surface area (Å²) < 4.78 is 32.6. The minimum Gasteiger partial charge on any atom is -0.497 e. The first-order chi connectivity index (χ1) is 14.5. The molecule has 0 saturated carbocycles. The summed E-state index contributed by atoms with van der Waals surface area (Å²) in [6.07, 6.45) is 0.573. The normalized spacial score (nSPS) is 17.9. The molecule has 0 aromatic heterocycles. The smallest absolute Gasteiger partial charge is 0.258 e. The van der Waals surface area contributed by atoms with Gasteiger partial charge < -0.3 is 15.0 Å². The van der Waals surface area contributed by atoms with Gasteiger partial charge in [-0.15, -0.1) is 0 Å². The van der Waals surface area contributed by atoms with Gasteiger partial charge in [-0.2, -0.15) is 0 Å². The molecule has 0 bridgehead atoms. The van der Waals surface area contributed by atoms with Crippen LogP contribution in [0.15, 0.2) is 66.7 Å². The molecule has 0 unspecified atom stereocenters. The number of halogens is 2. The van der Waals surface area contributed by atoms with Crippen LogP contribution in [-0.4, -0.2) is 19.1 Å². The van der Waals surface area contributed by atoms with Crippen molar-refractivity contribution in [1.82, 2.24) is 0 Å². The number of anilines is 2. The van der Waals surface area contributed by atoms with Gasteiger partial charge in [-0.25, -0.2) is 8.78 Å². The van der Waals surface area contributed by atoms with E-state index in [-0.39, 0.29) is 29.6 Å². The molecule has 0 radical (unpaired) electrons. The number of amides is 1. The Morgan fingerprint density at radius 2 is 1.77 bits per heavy atom. The van der Waals surface area contributed by atoms with E-state index in [2.05, 4.69) is 5.32 Å². The van der Waals surface area contributed by atoms with Crippen molar-refractivity contribution in [3.8, 4) is 5.75 Å². The van der Waals surface area contributed by atoms with Gasteiger partial charge in [-0.05, 0) is 74.0 Å². The molecule has 0 spiro atoms. The van der Waals surface area contributed by atoms with Gasteiger partial charge in [0, 0.05) is 28.5 Å². The Morgan fingerprint density at radius 3 is 2.50 bits per heavy atom. The van der Waals surface area contributed by atoms with E-state index in [1.165, 1.54) is 24.3 Å². The van der Waals surface area contributed by atoms with Crippen LogP contribution >= 0.6 is 0 Å². The third-order valence-corrected chi connectivity index (χ3v) is 5.36. The molecule has 4 nitrogen and oxygen atoms in total. The summed E-state index contributed by atoms with van der Waals surface area (Å²) in [5, 5.41) is 3.35. The summed E-state index contributed by atoms with van der Waals surface area (Å²) in [5.41, 5.74) is 2.58. The van der Waals surface area contributed by atoms with Gasteiger partial charge in [0.05, 0.1) is 13.2 Å². The Kier molecular flexibility index (Phi) is 5.40. The highest BCUT2D eigenvalue weighted by atomic mass is 19.1.